The van der Waals surface area contributed by atoms with Gasteiger partial charge in [-0.3, -0.25) is 9.59 Å². The second-order valence-corrected chi connectivity index (χ2v) is 7.20. The number of rotatable bonds is 7. The molecule has 29 heavy (non-hydrogen) atoms. The first-order chi connectivity index (χ1) is 13.9. The molecule has 2 N–H and O–H groups in total. The number of hydrogen-bond acceptors (Lipinski definition) is 4. The Balaban J connectivity index is 1.52. The van der Waals surface area contributed by atoms with Crippen LogP contribution in [0.25, 0.3) is 6.08 Å². The molecule has 0 radical (unpaired) electrons. The van der Waals surface area contributed by atoms with Crippen LogP contribution in [0.4, 0.5) is 5.69 Å². The van der Waals surface area contributed by atoms with E-state index in [1.54, 1.807) is 36.4 Å². The van der Waals surface area contributed by atoms with Crippen LogP contribution >= 0.6 is 11.6 Å². The summed E-state index contributed by atoms with van der Waals surface area (Å²) in [5, 5.41) is 6.09. The highest BCUT2D eigenvalue weighted by atomic mass is 35.5. The van der Waals surface area contributed by atoms with Gasteiger partial charge in [-0.2, -0.15) is 0 Å². The lowest BCUT2D eigenvalue weighted by Crippen LogP contribution is -2.27. The summed E-state index contributed by atoms with van der Waals surface area (Å²) in [5.74, 6) is -1.42. The number of amides is 2. The third-order valence-electron chi connectivity index (χ3n) is 4.31. The number of esters is 1. The molecule has 0 aliphatic heterocycles. The Labute approximate surface area is 173 Å². The zero-order valence-electron chi connectivity index (χ0n) is 15.9. The SMILES string of the molecule is Cc1ccc(/C=C/C(=O)OCC(=O)Nc2ccccc2C(=O)NC2CC2)cc1Cl. The molecule has 0 atom stereocenters. The van der Waals surface area contributed by atoms with Gasteiger partial charge in [0.05, 0.1) is 11.3 Å². The minimum absolute atomic E-state index is 0.211. The largest absolute Gasteiger partial charge is 0.452 e. The summed E-state index contributed by atoms with van der Waals surface area (Å²) in [7, 11) is 0. The van der Waals surface area contributed by atoms with Crippen molar-refractivity contribution in [1.29, 1.82) is 0 Å². The number of anilines is 1. The second-order valence-electron chi connectivity index (χ2n) is 6.79. The lowest BCUT2D eigenvalue weighted by molar-refractivity contribution is -0.142. The molecule has 0 saturated heterocycles. The van der Waals surface area contributed by atoms with Crippen LogP contribution in [-0.2, 0) is 14.3 Å². The average Bonchev–Trinajstić information content (AvgIpc) is 3.51. The van der Waals surface area contributed by atoms with E-state index in [4.69, 9.17) is 16.3 Å². The van der Waals surface area contributed by atoms with Gasteiger partial charge in [-0.15, -0.1) is 0 Å². The Morgan fingerprint density at radius 1 is 1.17 bits per heavy atom. The van der Waals surface area contributed by atoms with Gasteiger partial charge < -0.3 is 15.4 Å². The summed E-state index contributed by atoms with van der Waals surface area (Å²) in [6.07, 6.45) is 4.73. The molecule has 7 heteroatoms. The van der Waals surface area contributed by atoms with Gasteiger partial charge in [0.25, 0.3) is 11.8 Å². The highest BCUT2D eigenvalue weighted by molar-refractivity contribution is 6.31. The first-order valence-corrected chi connectivity index (χ1v) is 9.61. The lowest BCUT2D eigenvalue weighted by atomic mass is 10.1. The molecule has 1 aliphatic rings. The van der Waals surface area contributed by atoms with E-state index in [0.29, 0.717) is 16.3 Å². The van der Waals surface area contributed by atoms with Crippen LogP contribution in [0.15, 0.2) is 48.5 Å². The van der Waals surface area contributed by atoms with Crippen LogP contribution in [-0.4, -0.2) is 30.4 Å². The molecule has 2 aromatic rings. The van der Waals surface area contributed by atoms with Gasteiger partial charge in [0.1, 0.15) is 0 Å². The molecule has 2 amide bonds. The monoisotopic (exact) mass is 412 g/mol. The molecule has 6 nitrogen and oxygen atoms in total. The van der Waals surface area contributed by atoms with Crippen molar-refractivity contribution in [2.45, 2.75) is 25.8 Å². The number of ether oxygens (including phenoxy) is 1. The van der Waals surface area contributed by atoms with Crippen molar-refractivity contribution in [3.63, 3.8) is 0 Å². The Kier molecular flexibility index (Phi) is 6.67. The molecule has 0 aromatic heterocycles. The molecular weight excluding hydrogens is 392 g/mol. The summed E-state index contributed by atoms with van der Waals surface area (Å²) in [6.45, 7) is 1.42. The number of halogens is 1. The normalized spacial score (nSPS) is 13.2. The predicted molar refractivity (Wildman–Crippen MR) is 112 cm³/mol. The molecule has 150 valence electrons. The maximum absolute atomic E-state index is 12.3. The van der Waals surface area contributed by atoms with E-state index in [1.807, 2.05) is 19.1 Å². The minimum atomic E-state index is -0.656. The van der Waals surface area contributed by atoms with Gasteiger partial charge in [0.2, 0.25) is 0 Å². The van der Waals surface area contributed by atoms with Crippen LogP contribution in [0.2, 0.25) is 5.02 Å². The summed E-state index contributed by atoms with van der Waals surface area (Å²) in [5.41, 5.74) is 2.43. The molecule has 0 bridgehead atoms. The summed E-state index contributed by atoms with van der Waals surface area (Å²) < 4.78 is 4.96. The molecule has 2 aromatic carbocycles. The minimum Gasteiger partial charge on any atom is -0.452 e. The van der Waals surface area contributed by atoms with Gasteiger partial charge in [0.15, 0.2) is 6.61 Å². The van der Waals surface area contributed by atoms with E-state index in [0.717, 1.165) is 24.0 Å². The third-order valence-corrected chi connectivity index (χ3v) is 4.72. The van der Waals surface area contributed by atoms with Gasteiger partial charge in [-0.1, -0.05) is 35.9 Å². The molecule has 1 aliphatic carbocycles. The van der Waals surface area contributed by atoms with Gasteiger partial charge in [-0.25, -0.2) is 4.79 Å². The zero-order valence-corrected chi connectivity index (χ0v) is 16.7. The Morgan fingerprint density at radius 3 is 2.66 bits per heavy atom. The zero-order chi connectivity index (χ0) is 20.8. The van der Waals surface area contributed by atoms with E-state index >= 15 is 0 Å². The third kappa shape index (κ3) is 6.19. The Morgan fingerprint density at radius 2 is 1.93 bits per heavy atom. The number of carbonyl (C=O) groups is 3. The molecule has 3 rings (SSSR count). The summed E-state index contributed by atoms with van der Waals surface area (Å²) in [4.78, 5) is 36.2. The first kappa shape index (κ1) is 20.6. The fourth-order valence-electron chi connectivity index (χ4n) is 2.53. The van der Waals surface area contributed by atoms with Crippen molar-refractivity contribution in [1.82, 2.24) is 5.32 Å². The molecule has 0 unspecified atom stereocenters. The fraction of sp³-hybridized carbons (Fsp3) is 0.227. The van der Waals surface area contributed by atoms with Gasteiger partial charge in [-0.05, 0) is 55.2 Å². The number of nitrogens with one attached hydrogen (secondary N) is 2. The maximum Gasteiger partial charge on any atom is 0.331 e. The van der Waals surface area contributed by atoms with E-state index in [9.17, 15) is 14.4 Å². The van der Waals surface area contributed by atoms with Crippen LogP contribution < -0.4 is 10.6 Å². The smallest absolute Gasteiger partial charge is 0.331 e. The number of benzene rings is 2. The Bertz CT molecular complexity index is 967. The standard InChI is InChI=1S/C22H21ClN2O4/c1-14-6-7-15(12-18(14)23)8-11-21(27)29-13-20(26)25-19-5-3-2-4-17(19)22(28)24-16-9-10-16/h2-8,11-12,16H,9-10,13H2,1H3,(H,24,28)(H,25,26)/b11-8+. The number of hydrogen-bond donors (Lipinski definition) is 2. The summed E-state index contributed by atoms with van der Waals surface area (Å²) in [6, 6.07) is 12.3. The summed E-state index contributed by atoms with van der Waals surface area (Å²) >= 11 is 6.04. The number of para-hydroxylation sites is 1. The van der Waals surface area contributed by atoms with E-state index < -0.39 is 18.5 Å². The van der Waals surface area contributed by atoms with Crippen molar-refractivity contribution < 1.29 is 19.1 Å². The maximum atomic E-state index is 12.3. The van der Waals surface area contributed by atoms with E-state index in [2.05, 4.69) is 10.6 Å². The van der Waals surface area contributed by atoms with Crippen molar-refractivity contribution in [3.05, 3.63) is 70.3 Å². The fourth-order valence-corrected chi connectivity index (χ4v) is 2.72. The Hall–Kier alpha value is -3.12. The molecular formula is C22H21ClN2O4. The molecule has 1 saturated carbocycles. The van der Waals surface area contributed by atoms with Crippen LogP contribution in [0.1, 0.15) is 34.3 Å². The molecule has 0 heterocycles. The van der Waals surface area contributed by atoms with Crippen LogP contribution in [0.3, 0.4) is 0 Å². The number of aryl methyl sites for hydroxylation is 1. The van der Waals surface area contributed by atoms with Gasteiger partial charge in [0, 0.05) is 17.1 Å². The highest BCUT2D eigenvalue weighted by Crippen LogP contribution is 2.21. The molecule has 1 fully saturated rings. The van der Waals surface area contributed by atoms with E-state index in [1.165, 1.54) is 6.08 Å². The quantitative estimate of drug-likeness (QED) is 0.536. The average molecular weight is 413 g/mol. The number of carbonyl (C=O) groups excluding carboxylic acids is 3. The van der Waals surface area contributed by atoms with Crippen molar-refractivity contribution in [3.8, 4) is 0 Å². The molecule has 0 spiro atoms. The topological polar surface area (TPSA) is 84.5 Å². The highest BCUT2D eigenvalue weighted by Gasteiger charge is 2.25. The van der Waals surface area contributed by atoms with Crippen LogP contribution in [0, 0.1) is 6.92 Å². The van der Waals surface area contributed by atoms with Crippen LogP contribution in [0.5, 0.6) is 0 Å². The van der Waals surface area contributed by atoms with Crippen molar-refractivity contribution in [2.24, 2.45) is 0 Å². The second kappa shape index (κ2) is 9.39. The van der Waals surface area contributed by atoms with Crippen molar-refractivity contribution in [2.75, 3.05) is 11.9 Å². The van der Waals surface area contributed by atoms with Crippen molar-refractivity contribution >= 4 is 41.1 Å². The first-order valence-electron chi connectivity index (χ1n) is 9.23. The predicted octanol–water partition coefficient (Wildman–Crippen LogP) is 3.74. The lowest BCUT2D eigenvalue weighted by Gasteiger charge is -2.11. The van der Waals surface area contributed by atoms with E-state index in [-0.39, 0.29) is 11.9 Å². The van der Waals surface area contributed by atoms with Gasteiger partial charge >= 0.3 is 5.97 Å².